The van der Waals surface area contributed by atoms with E-state index in [2.05, 4.69) is 9.47 Å². The molecule has 0 radical (unpaired) electrons. The first-order valence-electron chi connectivity index (χ1n) is 7.66. The van der Waals surface area contributed by atoms with E-state index in [4.69, 9.17) is 0 Å². The SMILES string of the molecule is COC(=O)CCSCCCN1C(=O)CC(SCCC(=O)OC)C1=O. The van der Waals surface area contributed by atoms with E-state index in [1.54, 1.807) is 11.8 Å². The number of rotatable bonds is 11. The number of carbonyl (C=O) groups excluding carboxylic acids is 4. The number of hydrogen-bond donors (Lipinski definition) is 0. The summed E-state index contributed by atoms with van der Waals surface area (Å²) >= 11 is 2.92. The molecule has 136 valence electrons. The molecule has 0 spiro atoms. The van der Waals surface area contributed by atoms with Crippen LogP contribution in [0.3, 0.4) is 0 Å². The number of likely N-dealkylation sites (tertiary alicyclic amines) is 1. The van der Waals surface area contributed by atoms with E-state index in [0.717, 1.165) is 5.75 Å². The number of carbonyl (C=O) groups is 4. The number of imide groups is 1. The summed E-state index contributed by atoms with van der Waals surface area (Å²) in [6, 6.07) is 0. The number of esters is 2. The van der Waals surface area contributed by atoms with E-state index in [0.29, 0.717) is 30.9 Å². The fourth-order valence-corrected chi connectivity index (χ4v) is 4.04. The lowest BCUT2D eigenvalue weighted by Crippen LogP contribution is -2.32. The zero-order chi connectivity index (χ0) is 17.9. The minimum atomic E-state index is -0.394. The van der Waals surface area contributed by atoms with Crippen LogP contribution in [-0.4, -0.2) is 71.9 Å². The van der Waals surface area contributed by atoms with Gasteiger partial charge in [-0.1, -0.05) is 0 Å². The van der Waals surface area contributed by atoms with Gasteiger partial charge in [0.2, 0.25) is 11.8 Å². The maximum atomic E-state index is 12.2. The van der Waals surface area contributed by atoms with Crippen LogP contribution in [0.5, 0.6) is 0 Å². The molecule has 0 bridgehead atoms. The van der Waals surface area contributed by atoms with Gasteiger partial charge in [0.05, 0.1) is 32.3 Å². The van der Waals surface area contributed by atoms with E-state index >= 15 is 0 Å². The maximum Gasteiger partial charge on any atom is 0.306 e. The Morgan fingerprint density at radius 2 is 1.71 bits per heavy atom. The molecule has 1 rings (SSSR count). The second kappa shape index (κ2) is 11.4. The first-order valence-corrected chi connectivity index (χ1v) is 9.87. The van der Waals surface area contributed by atoms with Crippen molar-refractivity contribution in [3.63, 3.8) is 0 Å². The van der Waals surface area contributed by atoms with E-state index in [1.807, 2.05) is 0 Å². The molecule has 1 heterocycles. The summed E-state index contributed by atoms with van der Waals surface area (Å²) in [6.07, 6.45) is 1.49. The smallest absolute Gasteiger partial charge is 0.306 e. The van der Waals surface area contributed by atoms with Crippen molar-refractivity contribution in [2.24, 2.45) is 0 Å². The van der Waals surface area contributed by atoms with Crippen LogP contribution < -0.4 is 0 Å². The topological polar surface area (TPSA) is 90.0 Å². The summed E-state index contributed by atoms with van der Waals surface area (Å²) in [7, 11) is 2.68. The molecule has 0 N–H and O–H groups in total. The van der Waals surface area contributed by atoms with Crippen LogP contribution in [-0.2, 0) is 28.7 Å². The van der Waals surface area contributed by atoms with Crippen LogP contribution in [0.4, 0.5) is 0 Å². The normalized spacial score (nSPS) is 17.2. The highest BCUT2D eigenvalue weighted by atomic mass is 32.2. The fraction of sp³-hybridized carbons (Fsp3) is 0.733. The Balaban J connectivity index is 2.21. The van der Waals surface area contributed by atoms with Gasteiger partial charge >= 0.3 is 11.9 Å². The van der Waals surface area contributed by atoms with Crippen LogP contribution in [0.25, 0.3) is 0 Å². The second-order valence-electron chi connectivity index (χ2n) is 5.07. The largest absolute Gasteiger partial charge is 0.469 e. The van der Waals surface area contributed by atoms with Crippen molar-refractivity contribution in [2.45, 2.75) is 30.9 Å². The number of nitrogens with zero attached hydrogens (tertiary/aromatic N) is 1. The van der Waals surface area contributed by atoms with E-state index in [-0.39, 0.29) is 36.6 Å². The molecule has 1 aliphatic rings. The molecule has 9 heteroatoms. The van der Waals surface area contributed by atoms with Gasteiger partial charge in [-0.05, 0) is 12.2 Å². The van der Waals surface area contributed by atoms with Gasteiger partial charge in [-0.2, -0.15) is 11.8 Å². The average molecular weight is 377 g/mol. The van der Waals surface area contributed by atoms with Crippen molar-refractivity contribution in [3.05, 3.63) is 0 Å². The third-order valence-electron chi connectivity index (χ3n) is 3.40. The van der Waals surface area contributed by atoms with Crippen molar-refractivity contribution >= 4 is 47.3 Å². The van der Waals surface area contributed by atoms with Gasteiger partial charge in [-0.25, -0.2) is 0 Å². The average Bonchev–Trinajstić information content (AvgIpc) is 2.84. The zero-order valence-corrected chi connectivity index (χ0v) is 15.6. The number of ether oxygens (including phenoxy) is 2. The number of amides is 2. The van der Waals surface area contributed by atoms with Crippen molar-refractivity contribution in [3.8, 4) is 0 Å². The third kappa shape index (κ3) is 7.12. The Kier molecular flexibility index (Phi) is 9.85. The second-order valence-corrected chi connectivity index (χ2v) is 7.60. The van der Waals surface area contributed by atoms with E-state index in [9.17, 15) is 19.2 Å². The monoisotopic (exact) mass is 377 g/mol. The Hall–Kier alpha value is -1.22. The summed E-state index contributed by atoms with van der Waals surface area (Å²) in [4.78, 5) is 47.5. The van der Waals surface area contributed by atoms with Gasteiger partial charge in [-0.15, -0.1) is 11.8 Å². The van der Waals surface area contributed by atoms with Gasteiger partial charge in [-0.3, -0.25) is 24.1 Å². The Morgan fingerprint density at radius 3 is 2.33 bits per heavy atom. The summed E-state index contributed by atoms with van der Waals surface area (Å²) in [5.41, 5.74) is 0. The van der Waals surface area contributed by atoms with Gasteiger partial charge in [0, 0.05) is 24.5 Å². The molecule has 1 aliphatic heterocycles. The van der Waals surface area contributed by atoms with Crippen LogP contribution in [0, 0.1) is 0 Å². The number of methoxy groups -OCH3 is 2. The van der Waals surface area contributed by atoms with E-state index in [1.165, 1.54) is 30.9 Å². The van der Waals surface area contributed by atoms with Crippen LogP contribution in [0.15, 0.2) is 0 Å². The molecule has 0 aliphatic carbocycles. The van der Waals surface area contributed by atoms with Crippen LogP contribution in [0.1, 0.15) is 25.7 Å². The molecular formula is C15H23NO6S2. The van der Waals surface area contributed by atoms with Gasteiger partial charge in [0.25, 0.3) is 0 Å². The first kappa shape index (κ1) is 20.8. The van der Waals surface area contributed by atoms with Crippen molar-refractivity contribution in [1.82, 2.24) is 4.90 Å². The van der Waals surface area contributed by atoms with Crippen molar-refractivity contribution in [1.29, 1.82) is 0 Å². The lowest BCUT2D eigenvalue weighted by molar-refractivity contribution is -0.141. The minimum Gasteiger partial charge on any atom is -0.469 e. The van der Waals surface area contributed by atoms with Crippen LogP contribution >= 0.6 is 23.5 Å². The van der Waals surface area contributed by atoms with E-state index < -0.39 is 5.25 Å². The highest BCUT2D eigenvalue weighted by Crippen LogP contribution is 2.26. The standard InChI is InChI=1S/C15H23NO6S2/c1-21-13(18)4-8-23-7-3-6-16-12(17)10-11(15(16)20)24-9-5-14(19)22-2/h11H,3-10H2,1-2H3. The molecule has 1 saturated heterocycles. The lowest BCUT2D eigenvalue weighted by atomic mass is 10.4. The molecule has 0 aromatic heterocycles. The maximum absolute atomic E-state index is 12.2. The van der Waals surface area contributed by atoms with Gasteiger partial charge < -0.3 is 9.47 Å². The summed E-state index contributed by atoms with van der Waals surface area (Å²) in [5.74, 6) is 1.02. The molecule has 1 atom stereocenters. The van der Waals surface area contributed by atoms with Crippen molar-refractivity contribution in [2.75, 3.05) is 38.0 Å². The molecular weight excluding hydrogens is 354 g/mol. The highest BCUT2D eigenvalue weighted by molar-refractivity contribution is 8.00. The van der Waals surface area contributed by atoms with Gasteiger partial charge in [0.1, 0.15) is 0 Å². The highest BCUT2D eigenvalue weighted by Gasteiger charge is 2.38. The number of thioether (sulfide) groups is 2. The molecule has 2 amide bonds. The van der Waals surface area contributed by atoms with Gasteiger partial charge in [0.15, 0.2) is 0 Å². The van der Waals surface area contributed by atoms with Crippen molar-refractivity contribution < 1.29 is 28.7 Å². The Bertz CT molecular complexity index is 471. The lowest BCUT2D eigenvalue weighted by Gasteiger charge is -2.14. The molecule has 0 saturated carbocycles. The summed E-state index contributed by atoms with van der Waals surface area (Å²) in [6.45, 7) is 0.400. The summed E-state index contributed by atoms with van der Waals surface area (Å²) < 4.78 is 9.10. The molecule has 1 unspecified atom stereocenters. The first-order chi connectivity index (χ1) is 11.5. The number of hydrogen-bond acceptors (Lipinski definition) is 8. The Labute approximate surface area is 150 Å². The van der Waals surface area contributed by atoms with Crippen LogP contribution in [0.2, 0.25) is 0 Å². The zero-order valence-electron chi connectivity index (χ0n) is 13.9. The minimum absolute atomic E-state index is 0.157. The molecule has 0 aromatic rings. The third-order valence-corrected chi connectivity index (χ3v) is 5.68. The molecule has 24 heavy (non-hydrogen) atoms. The fourth-order valence-electron chi connectivity index (χ4n) is 2.09. The molecule has 7 nitrogen and oxygen atoms in total. The summed E-state index contributed by atoms with van der Waals surface area (Å²) in [5, 5.41) is -0.394. The molecule has 0 aromatic carbocycles. The predicted molar refractivity (Wildman–Crippen MR) is 92.8 cm³/mol. The Morgan fingerprint density at radius 1 is 1.08 bits per heavy atom. The quantitative estimate of drug-likeness (QED) is 0.300. The predicted octanol–water partition coefficient (Wildman–Crippen LogP) is 1.10. The molecule has 1 fully saturated rings.